The predicted octanol–water partition coefficient (Wildman–Crippen LogP) is 3.27. The number of carboxylic acid groups (broad SMARTS) is 1. The van der Waals surface area contributed by atoms with Crippen molar-refractivity contribution in [2.75, 3.05) is 6.54 Å². The number of carbonyl (C=O) groups excluding carboxylic acids is 1. The molecule has 1 aliphatic heterocycles. The second-order valence-corrected chi connectivity index (χ2v) is 5.81. The fourth-order valence-electron chi connectivity index (χ4n) is 2.84. The van der Waals surface area contributed by atoms with Crippen LogP contribution >= 0.6 is 0 Å². The van der Waals surface area contributed by atoms with E-state index in [2.05, 4.69) is 0 Å². The van der Waals surface area contributed by atoms with Gasteiger partial charge in [-0.1, -0.05) is 25.1 Å². The maximum atomic E-state index is 12.7. The van der Waals surface area contributed by atoms with Crippen LogP contribution < -0.4 is 0 Å². The van der Waals surface area contributed by atoms with Crippen LogP contribution in [0.1, 0.15) is 43.2 Å². The van der Waals surface area contributed by atoms with Crippen molar-refractivity contribution in [1.82, 2.24) is 4.90 Å². The summed E-state index contributed by atoms with van der Waals surface area (Å²) >= 11 is 0. The number of nitrogens with zero attached hydrogens (tertiary/aromatic N) is 1. The van der Waals surface area contributed by atoms with Crippen molar-refractivity contribution < 1.29 is 27.9 Å². The Labute approximate surface area is 131 Å². The first-order valence-electron chi connectivity index (χ1n) is 7.39. The van der Waals surface area contributed by atoms with Crippen LogP contribution in [0.15, 0.2) is 24.3 Å². The number of rotatable bonds is 4. The average Bonchev–Trinajstić information content (AvgIpc) is 2.96. The van der Waals surface area contributed by atoms with Crippen LogP contribution in [0.3, 0.4) is 0 Å². The summed E-state index contributed by atoms with van der Waals surface area (Å²) in [5.41, 5.74) is -0.335. The number of hydrogen-bond acceptors (Lipinski definition) is 2. The number of halogens is 3. The monoisotopic (exact) mass is 329 g/mol. The highest BCUT2D eigenvalue weighted by molar-refractivity contribution is 5.84. The lowest BCUT2D eigenvalue weighted by molar-refractivity contribution is -0.148. The second-order valence-electron chi connectivity index (χ2n) is 5.81. The van der Waals surface area contributed by atoms with E-state index in [4.69, 9.17) is 5.11 Å². The molecule has 1 aromatic carbocycles. The molecule has 1 fully saturated rings. The van der Waals surface area contributed by atoms with Crippen LogP contribution in [0.25, 0.3) is 0 Å². The molecule has 0 aliphatic carbocycles. The van der Waals surface area contributed by atoms with Gasteiger partial charge in [0.05, 0.1) is 5.56 Å². The summed E-state index contributed by atoms with van der Waals surface area (Å²) in [5, 5.41) is 9.09. The maximum absolute atomic E-state index is 12.7. The zero-order valence-corrected chi connectivity index (χ0v) is 12.6. The van der Waals surface area contributed by atoms with Gasteiger partial charge in [0.25, 0.3) is 0 Å². The van der Waals surface area contributed by atoms with Crippen molar-refractivity contribution in [2.45, 2.75) is 44.3 Å². The Morgan fingerprint density at radius 1 is 1.39 bits per heavy atom. The molecule has 2 rings (SSSR count). The molecular formula is C16H18F3NO3. The van der Waals surface area contributed by atoms with E-state index in [-0.39, 0.29) is 12.3 Å². The van der Waals surface area contributed by atoms with Gasteiger partial charge in [0.2, 0.25) is 5.91 Å². The van der Waals surface area contributed by atoms with Crippen LogP contribution in [-0.4, -0.2) is 34.5 Å². The molecule has 1 saturated heterocycles. The van der Waals surface area contributed by atoms with Crippen LogP contribution in [0, 0.1) is 0 Å². The highest BCUT2D eigenvalue weighted by Gasteiger charge is 2.35. The molecule has 1 heterocycles. The zero-order chi connectivity index (χ0) is 17.2. The van der Waals surface area contributed by atoms with E-state index >= 15 is 0 Å². The number of amides is 1. The predicted molar refractivity (Wildman–Crippen MR) is 76.8 cm³/mol. The van der Waals surface area contributed by atoms with E-state index in [9.17, 15) is 22.8 Å². The number of alkyl halides is 3. The largest absolute Gasteiger partial charge is 0.480 e. The topological polar surface area (TPSA) is 57.6 Å². The molecule has 1 amide bonds. The Bertz CT molecular complexity index is 600. The summed E-state index contributed by atoms with van der Waals surface area (Å²) in [4.78, 5) is 24.7. The molecule has 2 unspecified atom stereocenters. The average molecular weight is 329 g/mol. The summed E-state index contributed by atoms with van der Waals surface area (Å²) in [7, 11) is 0. The van der Waals surface area contributed by atoms with E-state index in [0.717, 1.165) is 12.1 Å². The SMILES string of the molecule is CC(CC(=O)N1CCCC1C(=O)O)c1cccc(C(F)(F)F)c1. The van der Waals surface area contributed by atoms with Crippen LogP contribution in [0.2, 0.25) is 0 Å². The minimum absolute atomic E-state index is 0.00884. The minimum atomic E-state index is -4.43. The van der Waals surface area contributed by atoms with Crippen molar-refractivity contribution >= 4 is 11.9 Å². The zero-order valence-electron chi connectivity index (χ0n) is 12.6. The number of carbonyl (C=O) groups is 2. The van der Waals surface area contributed by atoms with Gasteiger partial charge in [0.1, 0.15) is 6.04 Å². The quantitative estimate of drug-likeness (QED) is 0.922. The molecule has 0 radical (unpaired) electrons. The third kappa shape index (κ3) is 4.03. The van der Waals surface area contributed by atoms with Crippen molar-refractivity contribution in [3.63, 3.8) is 0 Å². The molecule has 0 spiro atoms. The van der Waals surface area contributed by atoms with Gasteiger partial charge in [-0.05, 0) is 30.4 Å². The Kier molecular flexibility index (Phi) is 4.97. The van der Waals surface area contributed by atoms with Gasteiger partial charge in [0.15, 0.2) is 0 Å². The molecule has 126 valence electrons. The molecule has 1 aliphatic rings. The summed E-state index contributed by atoms with van der Waals surface area (Å²) in [6, 6.07) is 4.06. The van der Waals surface area contributed by atoms with Crippen molar-refractivity contribution in [3.05, 3.63) is 35.4 Å². The molecule has 7 heteroatoms. The van der Waals surface area contributed by atoms with E-state index in [1.54, 1.807) is 13.0 Å². The van der Waals surface area contributed by atoms with E-state index in [0.29, 0.717) is 24.9 Å². The van der Waals surface area contributed by atoms with Gasteiger partial charge < -0.3 is 10.0 Å². The lowest BCUT2D eigenvalue weighted by atomic mass is 9.95. The smallest absolute Gasteiger partial charge is 0.416 e. The lowest BCUT2D eigenvalue weighted by Gasteiger charge is -2.23. The van der Waals surface area contributed by atoms with Crippen molar-refractivity contribution in [2.24, 2.45) is 0 Å². The molecule has 4 nitrogen and oxygen atoms in total. The maximum Gasteiger partial charge on any atom is 0.416 e. The Morgan fingerprint density at radius 2 is 2.09 bits per heavy atom. The number of aliphatic carboxylic acids is 1. The molecule has 0 saturated carbocycles. The molecule has 0 bridgehead atoms. The molecule has 0 aromatic heterocycles. The number of hydrogen-bond donors (Lipinski definition) is 1. The fourth-order valence-corrected chi connectivity index (χ4v) is 2.84. The van der Waals surface area contributed by atoms with Crippen LogP contribution in [-0.2, 0) is 15.8 Å². The first-order chi connectivity index (χ1) is 10.7. The van der Waals surface area contributed by atoms with Crippen LogP contribution in [0.4, 0.5) is 13.2 Å². The van der Waals surface area contributed by atoms with E-state index < -0.39 is 29.7 Å². The third-order valence-corrected chi connectivity index (χ3v) is 4.12. The number of benzene rings is 1. The minimum Gasteiger partial charge on any atom is -0.480 e. The molecule has 2 atom stereocenters. The van der Waals surface area contributed by atoms with Gasteiger partial charge in [-0.15, -0.1) is 0 Å². The second kappa shape index (κ2) is 6.60. The van der Waals surface area contributed by atoms with Gasteiger partial charge in [-0.25, -0.2) is 4.79 Å². The first-order valence-corrected chi connectivity index (χ1v) is 7.39. The summed E-state index contributed by atoms with van der Waals surface area (Å²) in [6.45, 7) is 2.05. The summed E-state index contributed by atoms with van der Waals surface area (Å²) in [5.74, 6) is -1.79. The van der Waals surface area contributed by atoms with Gasteiger partial charge in [0, 0.05) is 13.0 Å². The first kappa shape index (κ1) is 17.3. The summed E-state index contributed by atoms with van der Waals surface area (Å²) in [6.07, 6.45) is -3.39. The fraction of sp³-hybridized carbons (Fsp3) is 0.500. The highest BCUT2D eigenvalue weighted by atomic mass is 19.4. The molecule has 1 N–H and O–H groups in total. The highest BCUT2D eigenvalue weighted by Crippen LogP contribution is 2.32. The van der Waals surface area contributed by atoms with Gasteiger partial charge in [-0.2, -0.15) is 13.2 Å². The third-order valence-electron chi connectivity index (χ3n) is 4.12. The lowest BCUT2D eigenvalue weighted by Crippen LogP contribution is -2.40. The molecule has 23 heavy (non-hydrogen) atoms. The Hall–Kier alpha value is -2.05. The van der Waals surface area contributed by atoms with Crippen molar-refractivity contribution in [3.8, 4) is 0 Å². The Morgan fingerprint density at radius 3 is 2.70 bits per heavy atom. The molecule has 1 aromatic rings. The van der Waals surface area contributed by atoms with E-state index in [1.165, 1.54) is 11.0 Å². The normalized spacial score (nSPS) is 19.7. The number of carboxylic acids is 1. The summed E-state index contributed by atoms with van der Waals surface area (Å²) < 4.78 is 38.2. The van der Waals surface area contributed by atoms with Gasteiger partial charge in [-0.3, -0.25) is 4.79 Å². The molecular weight excluding hydrogens is 311 g/mol. The van der Waals surface area contributed by atoms with Crippen LogP contribution in [0.5, 0.6) is 0 Å². The standard InChI is InChI=1S/C16H18F3NO3/c1-10(11-4-2-5-12(9-11)16(17,18)19)8-14(21)20-7-3-6-13(20)15(22)23/h2,4-5,9-10,13H,3,6-8H2,1H3,(H,22,23). The van der Waals surface area contributed by atoms with E-state index in [1.807, 2.05) is 0 Å². The Balaban J connectivity index is 2.08. The van der Waals surface area contributed by atoms with Crippen molar-refractivity contribution in [1.29, 1.82) is 0 Å². The number of likely N-dealkylation sites (tertiary alicyclic amines) is 1. The van der Waals surface area contributed by atoms with Gasteiger partial charge >= 0.3 is 12.1 Å².